The summed E-state index contributed by atoms with van der Waals surface area (Å²) >= 11 is 0. The number of hydrogen-bond donors (Lipinski definition) is 1. The number of hydrogen-bond acceptors (Lipinski definition) is 4. The van der Waals surface area contributed by atoms with E-state index in [0.717, 1.165) is 0 Å². The van der Waals surface area contributed by atoms with E-state index in [-0.39, 0.29) is 5.91 Å². The minimum Gasteiger partial charge on any atom is -0.854 e. The molecule has 0 atom stereocenters. The fourth-order valence-corrected chi connectivity index (χ4v) is 2.13. The van der Waals surface area contributed by atoms with Gasteiger partial charge < -0.3 is 15.7 Å². The first-order chi connectivity index (χ1) is 11.0. The Labute approximate surface area is 135 Å². The van der Waals surface area contributed by atoms with Gasteiger partial charge in [0.1, 0.15) is 5.56 Å². The number of carbonyl (C=O) groups excluding carboxylic acids is 1. The highest BCUT2D eigenvalue weighted by Crippen LogP contribution is 2.05. The number of aromatic nitrogens is 1. The van der Waals surface area contributed by atoms with Gasteiger partial charge in [-0.2, -0.15) is 0 Å². The van der Waals surface area contributed by atoms with E-state index in [1.54, 1.807) is 53.7 Å². The predicted molar refractivity (Wildman–Crippen MR) is 86.7 cm³/mol. The van der Waals surface area contributed by atoms with E-state index in [0.29, 0.717) is 29.9 Å². The maximum atomic E-state index is 12.3. The van der Waals surface area contributed by atoms with Gasteiger partial charge in [0.05, 0.1) is 5.90 Å². The quantitative estimate of drug-likeness (QED) is 0.380. The summed E-state index contributed by atoms with van der Waals surface area (Å²) in [4.78, 5) is 14.0. The van der Waals surface area contributed by atoms with Crippen LogP contribution in [0.15, 0.2) is 53.9 Å². The summed E-state index contributed by atoms with van der Waals surface area (Å²) < 4.78 is 1.36. The van der Waals surface area contributed by atoms with Gasteiger partial charge >= 0.3 is 0 Å². The zero-order valence-electron chi connectivity index (χ0n) is 13.3. The fraction of sp³-hybridized carbons (Fsp3) is 0.235. The smallest absolute Gasteiger partial charge is 0.260 e. The van der Waals surface area contributed by atoms with E-state index in [2.05, 4.69) is 5.10 Å². The lowest BCUT2D eigenvalue weighted by Crippen LogP contribution is -2.36. The molecule has 0 saturated heterocycles. The van der Waals surface area contributed by atoms with E-state index in [9.17, 15) is 9.90 Å². The van der Waals surface area contributed by atoms with Gasteiger partial charge in [-0.05, 0) is 42.7 Å². The Kier molecular flexibility index (Phi) is 5.30. The molecule has 1 aromatic heterocycles. The van der Waals surface area contributed by atoms with Crippen LogP contribution in [-0.4, -0.2) is 29.8 Å². The number of benzene rings is 1. The number of nitrogens with two attached hydrogens (primary N) is 1. The van der Waals surface area contributed by atoms with Gasteiger partial charge in [0.15, 0.2) is 0 Å². The second-order valence-corrected chi connectivity index (χ2v) is 4.98. The molecule has 0 aliphatic rings. The first kappa shape index (κ1) is 16.5. The Bertz CT molecular complexity index is 707. The number of nitrogens with zero attached hydrogens (tertiary/aromatic N) is 3. The van der Waals surface area contributed by atoms with Crippen molar-refractivity contribution < 1.29 is 14.6 Å². The van der Waals surface area contributed by atoms with E-state index in [4.69, 9.17) is 5.73 Å². The van der Waals surface area contributed by atoms with E-state index in [1.807, 2.05) is 13.8 Å². The molecule has 0 aliphatic carbocycles. The number of nitrogen functional groups attached to an aromatic ring is 1. The molecule has 0 saturated carbocycles. The van der Waals surface area contributed by atoms with Crippen molar-refractivity contribution in [1.29, 1.82) is 0 Å². The van der Waals surface area contributed by atoms with Crippen LogP contribution in [0.2, 0.25) is 0 Å². The SMILES string of the molecule is CCN(CC)C(=O)c1ccc[n+](/N=C(\[O-])c2ccc(N)cc2)c1. The Hall–Kier alpha value is -2.89. The van der Waals surface area contributed by atoms with E-state index >= 15 is 0 Å². The van der Waals surface area contributed by atoms with Crippen molar-refractivity contribution in [2.75, 3.05) is 18.8 Å². The zero-order chi connectivity index (χ0) is 16.8. The maximum absolute atomic E-state index is 12.3. The maximum Gasteiger partial charge on any atom is 0.260 e. The number of amides is 1. The fourth-order valence-electron chi connectivity index (χ4n) is 2.13. The van der Waals surface area contributed by atoms with Crippen molar-refractivity contribution in [1.82, 2.24) is 4.90 Å². The Morgan fingerprint density at radius 1 is 1.17 bits per heavy atom. The van der Waals surface area contributed by atoms with Crippen molar-refractivity contribution >= 4 is 17.5 Å². The van der Waals surface area contributed by atoms with Gasteiger partial charge in [-0.3, -0.25) is 4.79 Å². The van der Waals surface area contributed by atoms with Crippen LogP contribution < -0.4 is 15.5 Å². The Morgan fingerprint density at radius 3 is 2.43 bits per heavy atom. The highest BCUT2D eigenvalue weighted by atomic mass is 16.3. The summed E-state index contributed by atoms with van der Waals surface area (Å²) in [5.41, 5.74) is 7.11. The third-order valence-electron chi connectivity index (χ3n) is 3.45. The van der Waals surface area contributed by atoms with Gasteiger partial charge in [-0.1, -0.05) is 16.8 Å². The summed E-state index contributed by atoms with van der Waals surface area (Å²) in [5.74, 6) is -0.484. The van der Waals surface area contributed by atoms with Crippen molar-refractivity contribution in [2.24, 2.45) is 5.10 Å². The first-order valence-electron chi connectivity index (χ1n) is 7.47. The van der Waals surface area contributed by atoms with Crippen LogP contribution in [0.4, 0.5) is 5.69 Å². The van der Waals surface area contributed by atoms with Crippen molar-refractivity contribution in [3.05, 3.63) is 59.9 Å². The molecule has 0 unspecified atom stereocenters. The summed E-state index contributed by atoms with van der Waals surface area (Å²) in [5, 5.41) is 16.1. The van der Waals surface area contributed by atoms with Crippen LogP contribution in [0.1, 0.15) is 29.8 Å². The predicted octanol–water partition coefficient (Wildman–Crippen LogP) is 0.609. The molecule has 0 bridgehead atoms. The molecule has 0 spiro atoms. The van der Waals surface area contributed by atoms with Crippen LogP contribution >= 0.6 is 0 Å². The molecular formula is C17H20N4O2. The highest BCUT2D eigenvalue weighted by Gasteiger charge is 2.15. The number of pyridine rings is 1. The molecule has 1 aromatic carbocycles. The van der Waals surface area contributed by atoms with Gasteiger partial charge in [-0.25, -0.2) is 0 Å². The van der Waals surface area contributed by atoms with Gasteiger partial charge in [-0.15, -0.1) is 0 Å². The molecule has 0 fully saturated rings. The summed E-state index contributed by atoms with van der Waals surface area (Å²) in [6.07, 6.45) is 3.17. The lowest BCUT2D eigenvalue weighted by atomic mass is 10.2. The Morgan fingerprint density at radius 2 is 1.83 bits per heavy atom. The topological polar surface area (TPSA) is 85.6 Å². The molecule has 6 nitrogen and oxygen atoms in total. The number of rotatable bonds is 5. The highest BCUT2D eigenvalue weighted by molar-refractivity contribution is 5.93. The molecule has 120 valence electrons. The molecular weight excluding hydrogens is 292 g/mol. The average molecular weight is 312 g/mol. The van der Waals surface area contributed by atoms with Crippen molar-refractivity contribution in [3.8, 4) is 0 Å². The normalized spacial score (nSPS) is 11.3. The lowest BCUT2D eigenvalue weighted by molar-refractivity contribution is -0.681. The van der Waals surface area contributed by atoms with Crippen LogP contribution in [0.25, 0.3) is 0 Å². The third-order valence-corrected chi connectivity index (χ3v) is 3.45. The minimum atomic E-state index is -0.401. The van der Waals surface area contributed by atoms with Crippen LogP contribution in [0.5, 0.6) is 0 Å². The largest absolute Gasteiger partial charge is 0.854 e. The minimum absolute atomic E-state index is 0.0838. The molecule has 1 amide bonds. The average Bonchev–Trinajstić information content (AvgIpc) is 2.56. The molecule has 6 heteroatoms. The zero-order valence-corrected chi connectivity index (χ0v) is 13.3. The Balaban J connectivity index is 2.27. The standard InChI is InChI=1S/C17H20N4O2/c1-3-20(4-2)17(23)14-6-5-11-21(12-14)19-16(22)13-7-9-15(18)10-8-13/h5-12H,3-4H2,1-2H3,(H2-,18,19,22). The second-order valence-electron chi connectivity index (χ2n) is 4.98. The lowest BCUT2D eigenvalue weighted by Gasteiger charge is -2.17. The van der Waals surface area contributed by atoms with Crippen molar-refractivity contribution in [3.63, 3.8) is 0 Å². The molecule has 0 radical (unpaired) electrons. The molecule has 2 rings (SSSR count). The summed E-state index contributed by atoms with van der Waals surface area (Å²) in [6, 6.07) is 9.93. The molecule has 2 N–H and O–H groups in total. The van der Waals surface area contributed by atoms with Gasteiger partial charge in [0.25, 0.3) is 5.91 Å². The van der Waals surface area contributed by atoms with Crippen molar-refractivity contribution in [2.45, 2.75) is 13.8 Å². The first-order valence-corrected chi connectivity index (χ1v) is 7.47. The van der Waals surface area contributed by atoms with E-state index < -0.39 is 5.90 Å². The van der Waals surface area contributed by atoms with Gasteiger partial charge in [0, 0.05) is 24.8 Å². The van der Waals surface area contributed by atoms with E-state index in [1.165, 1.54) is 4.68 Å². The molecule has 1 heterocycles. The summed E-state index contributed by atoms with van der Waals surface area (Å²) in [7, 11) is 0. The molecule has 23 heavy (non-hydrogen) atoms. The third kappa shape index (κ3) is 4.06. The van der Waals surface area contributed by atoms with Gasteiger partial charge in [0.2, 0.25) is 12.4 Å². The monoisotopic (exact) mass is 312 g/mol. The van der Waals surface area contributed by atoms with Crippen LogP contribution in [0, 0.1) is 0 Å². The number of carbonyl (C=O) groups is 1. The number of anilines is 1. The molecule has 2 aromatic rings. The van der Waals surface area contributed by atoms with Crippen LogP contribution in [-0.2, 0) is 0 Å². The molecule has 0 aliphatic heterocycles. The summed E-state index contributed by atoms with van der Waals surface area (Å²) in [6.45, 7) is 5.11. The second kappa shape index (κ2) is 7.40. The van der Waals surface area contributed by atoms with Crippen LogP contribution in [0.3, 0.4) is 0 Å².